The maximum atomic E-state index is 13.3. The fourth-order valence-electron chi connectivity index (χ4n) is 3.96. The molecule has 7 nitrogen and oxygen atoms in total. The van der Waals surface area contributed by atoms with Gasteiger partial charge in [-0.05, 0) is 45.4 Å². The number of thioether (sulfide) groups is 1. The first-order chi connectivity index (χ1) is 17.8. The lowest BCUT2D eigenvalue weighted by atomic mass is 9.95. The van der Waals surface area contributed by atoms with Crippen molar-refractivity contribution >= 4 is 46.9 Å². The Morgan fingerprint density at radius 3 is 2.73 bits per heavy atom. The van der Waals surface area contributed by atoms with Crippen LogP contribution in [0.2, 0.25) is 10.0 Å². The quantitative estimate of drug-likeness (QED) is 0.158. The van der Waals surface area contributed by atoms with Gasteiger partial charge in [0.1, 0.15) is 18.4 Å². The first-order valence-electron chi connectivity index (χ1n) is 12.2. The van der Waals surface area contributed by atoms with Gasteiger partial charge in [-0.25, -0.2) is 9.48 Å². The van der Waals surface area contributed by atoms with E-state index < -0.39 is 12.0 Å². The van der Waals surface area contributed by atoms with E-state index in [1.165, 1.54) is 0 Å². The number of ether oxygens (including phenoxy) is 2. The van der Waals surface area contributed by atoms with Crippen molar-refractivity contribution in [1.29, 1.82) is 0 Å². The van der Waals surface area contributed by atoms with Crippen LogP contribution in [0.4, 0.5) is 5.95 Å². The number of rotatable bonds is 10. The van der Waals surface area contributed by atoms with Crippen LogP contribution in [-0.2, 0) is 16.1 Å². The number of anilines is 1. The summed E-state index contributed by atoms with van der Waals surface area (Å²) in [6.07, 6.45) is 1.89. The maximum Gasteiger partial charge on any atom is 0.338 e. The number of fused-ring (bicyclic) bond motifs is 1. The molecule has 1 atom stereocenters. The van der Waals surface area contributed by atoms with E-state index in [9.17, 15) is 4.79 Å². The highest BCUT2D eigenvalue weighted by Crippen LogP contribution is 2.40. The molecule has 0 bridgehead atoms. The zero-order valence-electron chi connectivity index (χ0n) is 21.3. The molecule has 3 aromatic rings. The lowest BCUT2D eigenvalue weighted by Gasteiger charge is -2.29. The molecule has 1 N–H and O–H groups in total. The van der Waals surface area contributed by atoms with Gasteiger partial charge in [0.05, 0.1) is 11.7 Å². The van der Waals surface area contributed by atoms with Crippen LogP contribution in [-0.4, -0.2) is 32.6 Å². The smallest absolute Gasteiger partial charge is 0.338 e. The zero-order chi connectivity index (χ0) is 26.5. The first-order valence-corrected chi connectivity index (χ1v) is 14.0. The fourth-order valence-corrected chi connectivity index (χ4v) is 5.34. The molecule has 1 unspecified atom stereocenters. The lowest BCUT2D eigenvalue weighted by Crippen LogP contribution is -2.31. The number of nitrogens with one attached hydrogen (secondary N) is 1. The van der Waals surface area contributed by atoms with Gasteiger partial charge >= 0.3 is 5.97 Å². The molecule has 196 valence electrons. The van der Waals surface area contributed by atoms with E-state index in [1.807, 2.05) is 51.1 Å². The van der Waals surface area contributed by atoms with Gasteiger partial charge in [0.25, 0.3) is 0 Å². The number of allylic oxidation sites excluding steroid dienone is 1. The summed E-state index contributed by atoms with van der Waals surface area (Å²) < 4.78 is 13.6. The number of benzene rings is 2. The van der Waals surface area contributed by atoms with Gasteiger partial charge in [-0.3, -0.25) is 0 Å². The third kappa shape index (κ3) is 6.43. The van der Waals surface area contributed by atoms with Crippen LogP contribution in [0.15, 0.2) is 58.9 Å². The second-order valence-corrected chi connectivity index (χ2v) is 10.9. The predicted molar refractivity (Wildman–Crippen MR) is 149 cm³/mol. The Morgan fingerprint density at radius 1 is 1.22 bits per heavy atom. The Kier molecular flexibility index (Phi) is 9.05. The normalized spacial score (nSPS) is 14.9. The first kappa shape index (κ1) is 27.4. The van der Waals surface area contributed by atoms with Crippen LogP contribution in [0.5, 0.6) is 5.75 Å². The van der Waals surface area contributed by atoms with Crippen LogP contribution in [0.25, 0.3) is 0 Å². The Balaban J connectivity index is 1.74. The summed E-state index contributed by atoms with van der Waals surface area (Å²) in [5.41, 5.74) is 2.68. The number of halogens is 2. The summed E-state index contributed by atoms with van der Waals surface area (Å²) >= 11 is 14.0. The van der Waals surface area contributed by atoms with Crippen LogP contribution in [0.3, 0.4) is 0 Å². The van der Waals surface area contributed by atoms with Gasteiger partial charge in [-0.1, -0.05) is 72.6 Å². The average molecular weight is 562 g/mol. The number of carbonyl (C=O) groups excluding carboxylic acids is 1. The summed E-state index contributed by atoms with van der Waals surface area (Å²) in [6, 6.07) is 12.3. The number of hydrogen-bond acceptors (Lipinski definition) is 7. The Morgan fingerprint density at radius 2 is 2.00 bits per heavy atom. The molecule has 2 aromatic carbocycles. The molecule has 0 amide bonds. The van der Waals surface area contributed by atoms with Gasteiger partial charge < -0.3 is 14.8 Å². The van der Waals surface area contributed by atoms with Crippen LogP contribution in [0, 0.1) is 0 Å². The Labute approximate surface area is 231 Å². The second-order valence-electron chi connectivity index (χ2n) is 8.95. The second kappa shape index (κ2) is 12.2. The predicted octanol–water partition coefficient (Wildman–Crippen LogP) is 7.30. The average Bonchev–Trinajstić information content (AvgIpc) is 3.24. The molecule has 0 spiro atoms. The molecule has 2 heterocycles. The largest absolute Gasteiger partial charge is 0.488 e. The highest BCUT2D eigenvalue weighted by molar-refractivity contribution is 7.99. The van der Waals surface area contributed by atoms with Crippen LogP contribution in [0.1, 0.15) is 57.7 Å². The number of carbonyl (C=O) groups is 1. The van der Waals surface area contributed by atoms with E-state index in [-0.39, 0.29) is 12.7 Å². The van der Waals surface area contributed by atoms with E-state index in [0.29, 0.717) is 38.2 Å². The van der Waals surface area contributed by atoms with Crippen molar-refractivity contribution in [3.8, 4) is 5.75 Å². The van der Waals surface area contributed by atoms with Gasteiger partial charge in [0.2, 0.25) is 11.1 Å². The molecule has 0 saturated carbocycles. The molecule has 10 heteroatoms. The molecule has 0 saturated heterocycles. The lowest BCUT2D eigenvalue weighted by molar-refractivity contribution is -0.143. The van der Waals surface area contributed by atoms with Crippen LogP contribution >= 0.6 is 35.0 Å². The third-order valence-electron chi connectivity index (χ3n) is 5.74. The molecular formula is C27H30Cl2N4O3S. The van der Waals surface area contributed by atoms with Gasteiger partial charge in [0.15, 0.2) is 0 Å². The highest BCUT2D eigenvalue weighted by Gasteiger charge is 2.37. The molecule has 1 aliphatic heterocycles. The number of hydrogen-bond donors (Lipinski definition) is 1. The minimum atomic E-state index is -0.590. The Hall–Kier alpha value is -2.68. The van der Waals surface area contributed by atoms with Gasteiger partial charge in [-0.2, -0.15) is 4.98 Å². The molecule has 1 aromatic heterocycles. The van der Waals surface area contributed by atoms with Crippen molar-refractivity contribution in [3.63, 3.8) is 0 Å². The summed E-state index contributed by atoms with van der Waals surface area (Å²) in [7, 11) is 0. The minimum Gasteiger partial charge on any atom is -0.488 e. The SMILES string of the molecule is CCCCSc1nc2n(n1)C(c1ccccc1OCc1ccc(Cl)cc1Cl)C(C(=O)OC(C)C)=C(C)N2. The highest BCUT2D eigenvalue weighted by atomic mass is 35.5. The number of para-hydroxylation sites is 1. The standard InChI is InChI=1S/C27H30Cl2N4O3S/c1-5-6-13-37-27-31-26-30-17(4)23(25(34)36-16(2)3)24(33(26)32-27)20-9-7-8-10-22(20)35-15-18-11-12-19(28)14-21(18)29/h7-12,14,16,24H,5-6,13,15H2,1-4H3,(H,30,31,32). The monoisotopic (exact) mass is 560 g/mol. The number of esters is 1. The van der Waals surface area contributed by atoms with Crippen molar-refractivity contribution in [3.05, 3.63) is 74.9 Å². The summed E-state index contributed by atoms with van der Waals surface area (Å²) in [4.78, 5) is 18.0. The van der Waals surface area contributed by atoms with Gasteiger partial charge in [0, 0.05) is 32.6 Å². The summed E-state index contributed by atoms with van der Waals surface area (Å²) in [5, 5.41) is 9.77. The molecule has 1 aliphatic rings. The van der Waals surface area contributed by atoms with Crippen molar-refractivity contribution in [2.45, 2.75) is 64.4 Å². The molecule has 0 fully saturated rings. The maximum absolute atomic E-state index is 13.3. The Bertz CT molecular complexity index is 1310. The fraction of sp³-hybridized carbons (Fsp3) is 0.370. The van der Waals surface area contributed by atoms with Crippen molar-refractivity contribution in [1.82, 2.24) is 14.8 Å². The van der Waals surface area contributed by atoms with E-state index in [0.717, 1.165) is 29.7 Å². The molecule has 0 aliphatic carbocycles. The molecule has 37 heavy (non-hydrogen) atoms. The van der Waals surface area contributed by atoms with Crippen molar-refractivity contribution in [2.24, 2.45) is 0 Å². The summed E-state index contributed by atoms with van der Waals surface area (Å²) in [6.45, 7) is 7.89. The van der Waals surface area contributed by atoms with Crippen molar-refractivity contribution < 1.29 is 14.3 Å². The number of aromatic nitrogens is 3. The van der Waals surface area contributed by atoms with Crippen LogP contribution < -0.4 is 10.1 Å². The van der Waals surface area contributed by atoms with E-state index in [2.05, 4.69) is 12.2 Å². The van der Waals surface area contributed by atoms with Gasteiger partial charge in [-0.15, -0.1) is 5.10 Å². The van der Waals surface area contributed by atoms with Crippen molar-refractivity contribution in [2.75, 3.05) is 11.1 Å². The molecular weight excluding hydrogens is 531 g/mol. The van der Waals surface area contributed by atoms with E-state index in [4.69, 9.17) is 42.8 Å². The van der Waals surface area contributed by atoms with E-state index in [1.54, 1.807) is 28.6 Å². The third-order valence-corrected chi connectivity index (χ3v) is 7.25. The minimum absolute atomic E-state index is 0.231. The number of unbranched alkanes of at least 4 members (excludes halogenated alkanes) is 1. The molecule has 4 rings (SSSR count). The summed E-state index contributed by atoms with van der Waals surface area (Å²) in [5.74, 6) is 1.67. The molecule has 0 radical (unpaired) electrons. The number of nitrogens with zero attached hydrogens (tertiary/aromatic N) is 3. The zero-order valence-corrected chi connectivity index (χ0v) is 23.6. The topological polar surface area (TPSA) is 78.3 Å². The van der Waals surface area contributed by atoms with E-state index >= 15 is 0 Å².